The van der Waals surface area contributed by atoms with Crippen molar-refractivity contribution >= 4 is 28.8 Å². The number of H-pyrrole nitrogens is 1. The van der Waals surface area contributed by atoms with Crippen LogP contribution >= 0.6 is 0 Å². The molecule has 0 aliphatic rings. The molecule has 126 valence electrons. The van der Waals surface area contributed by atoms with Crippen LogP contribution in [0.15, 0.2) is 41.9 Å². The number of nitrogens with one attached hydrogen (secondary N) is 2. The maximum Gasteiger partial charge on any atom is 0.151 e. The fourth-order valence-electron chi connectivity index (χ4n) is 2.62. The van der Waals surface area contributed by atoms with E-state index < -0.39 is 0 Å². The Morgan fingerprint density at radius 3 is 2.88 bits per heavy atom. The normalized spacial score (nSPS) is 10.9. The van der Waals surface area contributed by atoms with Gasteiger partial charge in [0.2, 0.25) is 0 Å². The lowest BCUT2D eigenvalue weighted by Gasteiger charge is -2.19. The van der Waals surface area contributed by atoms with E-state index in [2.05, 4.69) is 50.3 Å². The number of hydrogen-bond acceptors (Lipinski definition) is 6. The van der Waals surface area contributed by atoms with Crippen LogP contribution in [0.3, 0.4) is 0 Å². The minimum absolute atomic E-state index is 0.620. The molecule has 25 heavy (non-hydrogen) atoms. The van der Waals surface area contributed by atoms with Crippen molar-refractivity contribution in [3.63, 3.8) is 0 Å². The molecule has 0 fully saturated rings. The SMILES string of the molecule is CCN(CC)c1cc(N/N=C/c2c[nH]c3ccc(C#N)cc23)ncn1. The Kier molecular flexibility index (Phi) is 4.90. The minimum atomic E-state index is 0.620. The van der Waals surface area contributed by atoms with Gasteiger partial charge in [0, 0.05) is 41.8 Å². The van der Waals surface area contributed by atoms with Crippen molar-refractivity contribution in [2.75, 3.05) is 23.4 Å². The molecule has 7 nitrogen and oxygen atoms in total. The number of nitriles is 1. The van der Waals surface area contributed by atoms with Crippen molar-refractivity contribution in [3.05, 3.63) is 47.9 Å². The van der Waals surface area contributed by atoms with Gasteiger partial charge in [0.1, 0.15) is 12.1 Å². The van der Waals surface area contributed by atoms with Gasteiger partial charge in [0.25, 0.3) is 0 Å². The quantitative estimate of drug-likeness (QED) is 0.534. The van der Waals surface area contributed by atoms with E-state index in [1.54, 1.807) is 12.3 Å². The Morgan fingerprint density at radius 2 is 2.12 bits per heavy atom. The minimum Gasteiger partial charge on any atom is -0.361 e. The summed E-state index contributed by atoms with van der Waals surface area (Å²) in [5.74, 6) is 1.49. The van der Waals surface area contributed by atoms with Crippen molar-refractivity contribution in [1.82, 2.24) is 15.0 Å². The molecule has 2 N–H and O–H groups in total. The summed E-state index contributed by atoms with van der Waals surface area (Å²) in [5, 5.41) is 14.2. The van der Waals surface area contributed by atoms with Gasteiger partial charge in [-0.15, -0.1) is 0 Å². The Hall–Kier alpha value is -3.40. The highest BCUT2D eigenvalue weighted by Gasteiger charge is 2.05. The van der Waals surface area contributed by atoms with Gasteiger partial charge in [-0.05, 0) is 32.0 Å². The van der Waals surface area contributed by atoms with Crippen LogP contribution in [0.2, 0.25) is 0 Å². The van der Waals surface area contributed by atoms with Crippen molar-refractivity contribution < 1.29 is 0 Å². The molecule has 1 aromatic carbocycles. The first-order valence-corrected chi connectivity index (χ1v) is 8.12. The third-order valence-electron chi connectivity index (χ3n) is 3.97. The number of nitrogens with zero attached hydrogens (tertiary/aromatic N) is 5. The van der Waals surface area contributed by atoms with Gasteiger partial charge in [0.05, 0.1) is 17.8 Å². The summed E-state index contributed by atoms with van der Waals surface area (Å²) < 4.78 is 0. The lowest BCUT2D eigenvalue weighted by atomic mass is 10.1. The van der Waals surface area contributed by atoms with Gasteiger partial charge in [-0.3, -0.25) is 5.43 Å². The number of aromatic nitrogens is 3. The van der Waals surface area contributed by atoms with Gasteiger partial charge in [-0.25, -0.2) is 9.97 Å². The molecular weight excluding hydrogens is 314 g/mol. The number of hydrazone groups is 1. The fraction of sp³-hybridized carbons (Fsp3) is 0.222. The standard InChI is InChI=1S/C18H19N7/c1-3-25(4-2)18-8-17(21-12-22-18)24-23-11-14-10-20-16-6-5-13(9-19)7-15(14)16/h5-8,10-12,20H,3-4H2,1-2H3,(H,21,22,24)/b23-11+. The molecule has 0 aliphatic heterocycles. The van der Waals surface area contributed by atoms with E-state index in [0.717, 1.165) is 35.4 Å². The lowest BCUT2D eigenvalue weighted by molar-refractivity contribution is 0.841. The first-order chi connectivity index (χ1) is 12.2. The van der Waals surface area contributed by atoms with Crippen LogP contribution in [-0.2, 0) is 0 Å². The van der Waals surface area contributed by atoms with E-state index in [1.807, 2.05) is 24.4 Å². The number of aromatic amines is 1. The van der Waals surface area contributed by atoms with Crippen LogP contribution in [0.25, 0.3) is 10.9 Å². The first-order valence-electron chi connectivity index (χ1n) is 8.12. The molecule has 3 rings (SSSR count). The van der Waals surface area contributed by atoms with Gasteiger partial charge in [-0.2, -0.15) is 10.4 Å². The highest BCUT2D eigenvalue weighted by molar-refractivity contribution is 5.99. The zero-order valence-corrected chi connectivity index (χ0v) is 14.2. The molecule has 0 saturated carbocycles. The summed E-state index contributed by atoms with van der Waals surface area (Å²) in [5.41, 5.74) is 5.42. The number of fused-ring (bicyclic) bond motifs is 1. The van der Waals surface area contributed by atoms with Crippen molar-refractivity contribution in [1.29, 1.82) is 5.26 Å². The maximum atomic E-state index is 9.04. The number of hydrogen-bond donors (Lipinski definition) is 2. The van der Waals surface area contributed by atoms with Gasteiger partial charge >= 0.3 is 0 Å². The molecule has 2 aromatic heterocycles. The molecule has 0 amide bonds. The molecule has 0 aliphatic carbocycles. The molecule has 7 heteroatoms. The summed E-state index contributed by atoms with van der Waals surface area (Å²) in [6, 6.07) is 9.54. The molecule has 0 atom stereocenters. The first kappa shape index (κ1) is 16.5. The molecule has 0 radical (unpaired) electrons. The molecule has 0 bridgehead atoms. The van der Waals surface area contributed by atoms with Crippen LogP contribution in [0.5, 0.6) is 0 Å². The van der Waals surface area contributed by atoms with Crippen molar-refractivity contribution in [2.24, 2.45) is 5.10 Å². The molecule has 3 aromatic rings. The van der Waals surface area contributed by atoms with Crippen molar-refractivity contribution in [2.45, 2.75) is 13.8 Å². The van der Waals surface area contributed by atoms with Gasteiger partial charge in [0.15, 0.2) is 5.82 Å². The van der Waals surface area contributed by atoms with E-state index in [4.69, 9.17) is 5.26 Å². The van der Waals surface area contributed by atoms with Crippen LogP contribution in [0.1, 0.15) is 25.0 Å². The molecule has 0 spiro atoms. The summed E-state index contributed by atoms with van der Waals surface area (Å²) >= 11 is 0. The second-order valence-electron chi connectivity index (χ2n) is 5.42. The topological polar surface area (TPSA) is 93.0 Å². The van der Waals surface area contributed by atoms with Crippen LogP contribution < -0.4 is 10.3 Å². The van der Waals surface area contributed by atoms with E-state index >= 15 is 0 Å². The van der Waals surface area contributed by atoms with E-state index in [-0.39, 0.29) is 0 Å². The second kappa shape index (κ2) is 7.45. The Bertz CT molecular complexity index is 932. The van der Waals surface area contributed by atoms with Crippen molar-refractivity contribution in [3.8, 4) is 6.07 Å². The number of anilines is 2. The summed E-state index contributed by atoms with van der Waals surface area (Å²) in [6.07, 6.45) is 5.09. The maximum absolute atomic E-state index is 9.04. The number of rotatable bonds is 6. The fourth-order valence-corrected chi connectivity index (χ4v) is 2.62. The third kappa shape index (κ3) is 3.58. The lowest BCUT2D eigenvalue weighted by Crippen LogP contribution is -2.23. The molecule has 0 saturated heterocycles. The summed E-state index contributed by atoms with van der Waals surface area (Å²) in [4.78, 5) is 13.8. The monoisotopic (exact) mass is 333 g/mol. The molecule has 0 unspecified atom stereocenters. The predicted molar refractivity (Wildman–Crippen MR) is 99.8 cm³/mol. The predicted octanol–water partition coefficient (Wildman–Crippen LogP) is 3.12. The highest BCUT2D eigenvalue weighted by Crippen LogP contribution is 2.18. The average Bonchev–Trinajstić information content (AvgIpc) is 3.05. The average molecular weight is 333 g/mol. The number of benzene rings is 1. The zero-order valence-electron chi connectivity index (χ0n) is 14.2. The van der Waals surface area contributed by atoms with E-state index in [9.17, 15) is 0 Å². The van der Waals surface area contributed by atoms with Crippen LogP contribution in [0, 0.1) is 11.3 Å². The summed E-state index contributed by atoms with van der Waals surface area (Å²) in [7, 11) is 0. The third-order valence-corrected chi connectivity index (χ3v) is 3.97. The van der Waals surface area contributed by atoms with E-state index in [0.29, 0.717) is 11.4 Å². The van der Waals surface area contributed by atoms with E-state index in [1.165, 1.54) is 6.33 Å². The Labute approximate surface area is 146 Å². The Morgan fingerprint density at radius 1 is 1.28 bits per heavy atom. The second-order valence-corrected chi connectivity index (χ2v) is 5.42. The molecule has 2 heterocycles. The Balaban J connectivity index is 1.78. The van der Waals surface area contributed by atoms with Gasteiger partial charge < -0.3 is 9.88 Å². The molecular formula is C18H19N7. The largest absolute Gasteiger partial charge is 0.361 e. The van der Waals surface area contributed by atoms with Crippen LogP contribution in [0.4, 0.5) is 11.6 Å². The van der Waals surface area contributed by atoms with Crippen LogP contribution in [-0.4, -0.2) is 34.3 Å². The smallest absolute Gasteiger partial charge is 0.151 e. The van der Waals surface area contributed by atoms with Gasteiger partial charge in [-0.1, -0.05) is 0 Å². The zero-order chi connectivity index (χ0) is 17.6. The highest BCUT2D eigenvalue weighted by atomic mass is 15.3. The summed E-state index contributed by atoms with van der Waals surface area (Å²) in [6.45, 7) is 5.94.